The summed E-state index contributed by atoms with van der Waals surface area (Å²) >= 11 is 0. The van der Waals surface area contributed by atoms with Crippen LogP contribution in [0.25, 0.3) is 0 Å². The van der Waals surface area contributed by atoms with Crippen LogP contribution in [0.4, 0.5) is 5.69 Å². The highest BCUT2D eigenvalue weighted by Crippen LogP contribution is 2.29. The Morgan fingerprint density at radius 2 is 2.00 bits per heavy atom. The van der Waals surface area contributed by atoms with Gasteiger partial charge in [0, 0.05) is 5.69 Å². The van der Waals surface area contributed by atoms with Crippen molar-refractivity contribution in [3.63, 3.8) is 0 Å². The van der Waals surface area contributed by atoms with E-state index in [1.807, 2.05) is 19.1 Å². The van der Waals surface area contributed by atoms with E-state index in [2.05, 4.69) is 18.3 Å². The van der Waals surface area contributed by atoms with Gasteiger partial charge in [-0.05, 0) is 37.3 Å². The molecule has 1 aromatic carbocycles. The molecule has 1 amide bonds. The highest BCUT2D eigenvalue weighted by Gasteiger charge is 2.35. The van der Waals surface area contributed by atoms with E-state index >= 15 is 0 Å². The molecule has 1 aromatic rings. The van der Waals surface area contributed by atoms with Crippen LogP contribution in [0.3, 0.4) is 0 Å². The van der Waals surface area contributed by atoms with E-state index in [1.165, 1.54) is 12.0 Å². The van der Waals surface area contributed by atoms with E-state index in [1.54, 1.807) is 0 Å². The van der Waals surface area contributed by atoms with Gasteiger partial charge < -0.3 is 11.1 Å². The predicted octanol–water partition coefficient (Wildman–Crippen LogP) is 3.16. The van der Waals surface area contributed by atoms with Crippen molar-refractivity contribution in [2.45, 2.75) is 57.9 Å². The number of hydrogen-bond acceptors (Lipinski definition) is 2. The second-order valence-electron chi connectivity index (χ2n) is 5.63. The first-order valence-corrected chi connectivity index (χ1v) is 7.25. The Hall–Kier alpha value is -1.35. The van der Waals surface area contributed by atoms with Crippen LogP contribution in [0.2, 0.25) is 0 Å². The second kappa shape index (κ2) is 5.74. The number of hydrogen-bond donors (Lipinski definition) is 2. The fourth-order valence-electron chi connectivity index (χ4n) is 2.85. The number of rotatable bonds is 3. The second-order valence-corrected chi connectivity index (χ2v) is 5.63. The van der Waals surface area contributed by atoms with E-state index in [4.69, 9.17) is 5.73 Å². The Kier molecular flexibility index (Phi) is 4.25. The Labute approximate surface area is 115 Å². The molecule has 1 aliphatic carbocycles. The zero-order chi connectivity index (χ0) is 13.9. The molecule has 0 bridgehead atoms. The van der Waals surface area contributed by atoms with Gasteiger partial charge in [0.05, 0.1) is 5.54 Å². The van der Waals surface area contributed by atoms with Crippen molar-refractivity contribution in [3.05, 3.63) is 29.3 Å². The minimum absolute atomic E-state index is 0.0174. The largest absolute Gasteiger partial charge is 0.324 e. The lowest BCUT2D eigenvalue weighted by atomic mass is 9.81. The molecule has 0 radical (unpaired) electrons. The highest BCUT2D eigenvalue weighted by molar-refractivity contribution is 5.99. The first-order valence-electron chi connectivity index (χ1n) is 7.25. The number of anilines is 1. The number of carbonyl (C=O) groups is 1. The Balaban J connectivity index is 2.19. The molecule has 0 spiro atoms. The molecule has 0 aromatic heterocycles. The van der Waals surface area contributed by atoms with Gasteiger partial charge in [0.2, 0.25) is 5.91 Å². The summed E-state index contributed by atoms with van der Waals surface area (Å²) < 4.78 is 0. The molecule has 3 heteroatoms. The van der Waals surface area contributed by atoms with Crippen molar-refractivity contribution in [1.29, 1.82) is 0 Å². The Bertz CT molecular complexity index is 462. The van der Waals surface area contributed by atoms with E-state index in [-0.39, 0.29) is 5.91 Å². The molecule has 0 saturated heterocycles. The maximum atomic E-state index is 12.5. The van der Waals surface area contributed by atoms with Crippen LogP contribution < -0.4 is 11.1 Å². The lowest BCUT2D eigenvalue weighted by Gasteiger charge is -2.32. The Morgan fingerprint density at radius 1 is 1.32 bits per heavy atom. The van der Waals surface area contributed by atoms with Crippen LogP contribution in [0.1, 0.15) is 50.2 Å². The summed E-state index contributed by atoms with van der Waals surface area (Å²) in [5, 5.41) is 3.08. The lowest BCUT2D eigenvalue weighted by Crippen LogP contribution is -2.52. The third-order valence-corrected chi connectivity index (χ3v) is 4.18. The molecule has 1 aliphatic rings. The monoisotopic (exact) mass is 260 g/mol. The molecule has 0 unspecified atom stereocenters. The summed E-state index contributed by atoms with van der Waals surface area (Å²) in [5.74, 6) is -0.0174. The normalized spacial score (nSPS) is 18.1. The van der Waals surface area contributed by atoms with Gasteiger partial charge in [-0.25, -0.2) is 0 Å². The highest BCUT2D eigenvalue weighted by atomic mass is 16.2. The maximum absolute atomic E-state index is 12.5. The van der Waals surface area contributed by atoms with E-state index in [0.29, 0.717) is 0 Å². The van der Waals surface area contributed by atoms with E-state index in [9.17, 15) is 4.79 Å². The SMILES string of the molecule is CCc1cccc(C)c1NC(=O)C1(N)CCCCC1. The quantitative estimate of drug-likeness (QED) is 0.877. The Morgan fingerprint density at radius 3 is 2.63 bits per heavy atom. The van der Waals surface area contributed by atoms with Crippen molar-refractivity contribution in [3.8, 4) is 0 Å². The van der Waals surface area contributed by atoms with Crippen LogP contribution in [0, 0.1) is 6.92 Å². The summed E-state index contributed by atoms with van der Waals surface area (Å²) in [6, 6.07) is 6.12. The topological polar surface area (TPSA) is 55.1 Å². The van der Waals surface area contributed by atoms with Crippen LogP contribution >= 0.6 is 0 Å². The van der Waals surface area contributed by atoms with Crippen LogP contribution in [-0.2, 0) is 11.2 Å². The van der Waals surface area contributed by atoms with Gasteiger partial charge in [0.1, 0.15) is 0 Å². The lowest BCUT2D eigenvalue weighted by molar-refractivity contribution is -0.122. The first kappa shape index (κ1) is 14.1. The minimum Gasteiger partial charge on any atom is -0.324 e. The zero-order valence-corrected chi connectivity index (χ0v) is 12.0. The van der Waals surface area contributed by atoms with Crippen LogP contribution in [-0.4, -0.2) is 11.4 Å². The number of carbonyl (C=O) groups excluding carboxylic acids is 1. The molecule has 0 aliphatic heterocycles. The van der Waals surface area contributed by atoms with Gasteiger partial charge in [-0.2, -0.15) is 0 Å². The van der Waals surface area contributed by atoms with Gasteiger partial charge in [-0.1, -0.05) is 44.4 Å². The summed E-state index contributed by atoms with van der Waals surface area (Å²) in [5.41, 5.74) is 8.83. The molecule has 2 rings (SSSR count). The molecule has 0 heterocycles. The average molecular weight is 260 g/mol. The zero-order valence-electron chi connectivity index (χ0n) is 12.0. The van der Waals surface area contributed by atoms with Crippen LogP contribution in [0.15, 0.2) is 18.2 Å². The average Bonchev–Trinajstić information content (AvgIpc) is 2.41. The van der Waals surface area contributed by atoms with Crippen molar-refractivity contribution in [2.24, 2.45) is 5.73 Å². The van der Waals surface area contributed by atoms with Crippen molar-refractivity contribution >= 4 is 11.6 Å². The van der Waals surface area contributed by atoms with Crippen LogP contribution in [0.5, 0.6) is 0 Å². The number of para-hydroxylation sites is 1. The molecular formula is C16H24N2O. The molecule has 3 nitrogen and oxygen atoms in total. The van der Waals surface area contributed by atoms with E-state index in [0.717, 1.165) is 43.4 Å². The van der Waals surface area contributed by atoms with Gasteiger partial charge in [0.15, 0.2) is 0 Å². The molecule has 0 atom stereocenters. The molecule has 3 N–H and O–H groups in total. The fraction of sp³-hybridized carbons (Fsp3) is 0.562. The number of nitrogens with one attached hydrogen (secondary N) is 1. The first-order chi connectivity index (χ1) is 9.07. The number of amides is 1. The number of aryl methyl sites for hydroxylation is 2. The van der Waals surface area contributed by atoms with Crippen molar-refractivity contribution in [2.75, 3.05) is 5.32 Å². The smallest absolute Gasteiger partial charge is 0.244 e. The third kappa shape index (κ3) is 2.98. The number of nitrogens with two attached hydrogens (primary N) is 1. The van der Waals surface area contributed by atoms with Crippen molar-refractivity contribution < 1.29 is 4.79 Å². The minimum atomic E-state index is -0.675. The number of benzene rings is 1. The summed E-state index contributed by atoms with van der Waals surface area (Å²) in [6.45, 7) is 4.13. The van der Waals surface area contributed by atoms with Gasteiger partial charge >= 0.3 is 0 Å². The summed E-state index contributed by atoms with van der Waals surface area (Å²) in [6.07, 6.45) is 5.81. The molecular weight excluding hydrogens is 236 g/mol. The summed E-state index contributed by atoms with van der Waals surface area (Å²) in [4.78, 5) is 12.5. The van der Waals surface area contributed by atoms with Gasteiger partial charge in [-0.3, -0.25) is 4.79 Å². The standard InChI is InChI=1S/C16H24N2O/c1-3-13-9-7-8-12(2)14(13)18-15(19)16(17)10-5-4-6-11-16/h7-9H,3-6,10-11,17H2,1-2H3,(H,18,19). The molecule has 1 fully saturated rings. The molecule has 1 saturated carbocycles. The van der Waals surface area contributed by atoms with Gasteiger partial charge in [-0.15, -0.1) is 0 Å². The maximum Gasteiger partial charge on any atom is 0.244 e. The summed E-state index contributed by atoms with van der Waals surface area (Å²) in [7, 11) is 0. The fourth-order valence-corrected chi connectivity index (χ4v) is 2.85. The van der Waals surface area contributed by atoms with Crippen molar-refractivity contribution in [1.82, 2.24) is 0 Å². The third-order valence-electron chi connectivity index (χ3n) is 4.18. The van der Waals surface area contributed by atoms with E-state index < -0.39 is 5.54 Å². The molecule has 104 valence electrons. The predicted molar refractivity (Wildman–Crippen MR) is 79.2 cm³/mol. The molecule has 19 heavy (non-hydrogen) atoms. The van der Waals surface area contributed by atoms with Gasteiger partial charge in [0.25, 0.3) is 0 Å².